The highest BCUT2D eigenvalue weighted by atomic mass is 35.5. The summed E-state index contributed by atoms with van der Waals surface area (Å²) in [5, 5.41) is 4.09. The highest BCUT2D eigenvalue weighted by Crippen LogP contribution is 2.49. The van der Waals surface area contributed by atoms with Gasteiger partial charge in [-0.25, -0.2) is 0 Å². The van der Waals surface area contributed by atoms with E-state index in [9.17, 15) is 0 Å². The van der Waals surface area contributed by atoms with Gasteiger partial charge in [0.05, 0.1) is 0 Å². The van der Waals surface area contributed by atoms with Crippen LogP contribution in [0.1, 0.15) is 55.4 Å². The van der Waals surface area contributed by atoms with Crippen molar-refractivity contribution in [3.63, 3.8) is 0 Å². The maximum absolute atomic E-state index is 4.09. The number of hydrogen-bond acceptors (Lipinski definition) is 1. The van der Waals surface area contributed by atoms with E-state index in [0.29, 0.717) is 0 Å². The van der Waals surface area contributed by atoms with E-state index < -0.39 is 0 Å². The van der Waals surface area contributed by atoms with Crippen molar-refractivity contribution in [1.82, 2.24) is 5.32 Å². The lowest BCUT2D eigenvalue weighted by molar-refractivity contribution is 0.247. The first-order valence-electron chi connectivity index (χ1n) is 8.63. The van der Waals surface area contributed by atoms with Gasteiger partial charge in [0.25, 0.3) is 0 Å². The summed E-state index contributed by atoms with van der Waals surface area (Å²) in [5.74, 6) is 0. The van der Waals surface area contributed by atoms with Crippen LogP contribution in [-0.4, -0.2) is 0 Å². The Kier molecular flexibility index (Phi) is 4.29. The first kappa shape index (κ1) is 16.5. The Balaban J connectivity index is 0.00000156. The number of fused-ring (bicyclic) bond motifs is 6. The summed E-state index contributed by atoms with van der Waals surface area (Å²) in [4.78, 5) is 0. The van der Waals surface area contributed by atoms with Gasteiger partial charge in [-0.1, -0.05) is 68.3 Å². The lowest BCUT2D eigenvalue weighted by atomic mass is 9.76. The van der Waals surface area contributed by atoms with Crippen molar-refractivity contribution in [1.29, 1.82) is 0 Å². The van der Waals surface area contributed by atoms with Gasteiger partial charge in [0.2, 0.25) is 0 Å². The molecule has 2 unspecified atom stereocenters. The van der Waals surface area contributed by atoms with Crippen LogP contribution < -0.4 is 5.32 Å². The molecule has 0 aromatic heterocycles. The topological polar surface area (TPSA) is 12.0 Å². The Morgan fingerprint density at radius 1 is 0.913 bits per heavy atom. The molecule has 2 atom stereocenters. The number of nitrogens with one attached hydrogen (secondary N) is 1. The van der Waals surface area contributed by atoms with Crippen molar-refractivity contribution in [2.24, 2.45) is 0 Å². The van der Waals surface area contributed by atoms with Gasteiger partial charge in [0.1, 0.15) is 0 Å². The van der Waals surface area contributed by atoms with Gasteiger partial charge in [-0.15, -0.1) is 12.4 Å². The van der Waals surface area contributed by atoms with Gasteiger partial charge in [-0.05, 0) is 48.4 Å². The van der Waals surface area contributed by atoms with Crippen molar-refractivity contribution < 1.29 is 0 Å². The molecule has 1 nitrogen and oxygen atoms in total. The highest BCUT2D eigenvalue weighted by Gasteiger charge is 2.50. The lowest BCUT2D eigenvalue weighted by Crippen LogP contribution is -2.46. The molecule has 2 aromatic carbocycles. The maximum atomic E-state index is 4.09. The molecule has 0 radical (unpaired) electrons. The molecule has 2 aromatic rings. The van der Waals surface area contributed by atoms with Crippen LogP contribution in [0.2, 0.25) is 0 Å². The number of benzene rings is 2. The third kappa shape index (κ3) is 2.51. The third-order valence-electron chi connectivity index (χ3n) is 5.66. The fraction of sp³-hybridized carbons (Fsp3) is 0.429. The van der Waals surface area contributed by atoms with Crippen molar-refractivity contribution in [2.75, 3.05) is 0 Å². The summed E-state index contributed by atoms with van der Waals surface area (Å²) < 4.78 is 0. The molecule has 0 fully saturated rings. The van der Waals surface area contributed by atoms with Crippen LogP contribution in [0.3, 0.4) is 0 Å². The quantitative estimate of drug-likeness (QED) is 0.826. The number of rotatable bonds is 3. The summed E-state index contributed by atoms with van der Waals surface area (Å²) in [6.07, 6.45) is 5.97. The molecule has 1 N–H and O–H groups in total. The molecular formula is C21H26ClN. The Bertz CT molecular complexity index is 710. The fourth-order valence-electron chi connectivity index (χ4n) is 4.70. The van der Waals surface area contributed by atoms with Crippen molar-refractivity contribution >= 4 is 12.4 Å². The van der Waals surface area contributed by atoms with E-state index in [4.69, 9.17) is 0 Å². The normalized spacial score (nSPS) is 27.6. The van der Waals surface area contributed by atoms with E-state index in [-0.39, 0.29) is 23.5 Å². The molecule has 23 heavy (non-hydrogen) atoms. The van der Waals surface area contributed by atoms with E-state index in [0.717, 1.165) is 12.8 Å². The summed E-state index contributed by atoms with van der Waals surface area (Å²) in [5.41, 5.74) is 6.29. The zero-order valence-electron chi connectivity index (χ0n) is 14.1. The molecule has 0 spiro atoms. The van der Waals surface area contributed by atoms with Crippen LogP contribution in [0.4, 0.5) is 0 Å². The third-order valence-corrected chi connectivity index (χ3v) is 5.66. The summed E-state index contributed by atoms with van der Waals surface area (Å²) >= 11 is 0. The summed E-state index contributed by atoms with van der Waals surface area (Å²) in [6, 6.07) is 18.1. The summed E-state index contributed by atoms with van der Waals surface area (Å²) in [6.45, 7) is 4.68. The molecule has 0 aliphatic carbocycles. The molecule has 0 saturated heterocycles. The molecule has 0 amide bonds. The number of unbranched alkanes of at least 4 members (excludes halogenated alkanes) is 1. The molecule has 122 valence electrons. The van der Waals surface area contributed by atoms with Crippen LogP contribution in [0.5, 0.6) is 0 Å². The van der Waals surface area contributed by atoms with E-state index >= 15 is 0 Å². The molecule has 2 heteroatoms. The Labute approximate surface area is 145 Å². The number of halogens is 1. The minimum atomic E-state index is 0. The predicted molar refractivity (Wildman–Crippen MR) is 99.2 cm³/mol. The van der Waals surface area contributed by atoms with Gasteiger partial charge < -0.3 is 0 Å². The number of hydrogen-bond donors (Lipinski definition) is 1. The zero-order valence-corrected chi connectivity index (χ0v) is 14.9. The average molecular weight is 328 g/mol. The van der Waals surface area contributed by atoms with Crippen molar-refractivity contribution in [3.8, 4) is 0 Å². The van der Waals surface area contributed by atoms with E-state index in [1.807, 2.05) is 0 Å². The first-order valence-corrected chi connectivity index (χ1v) is 8.63. The first-order chi connectivity index (χ1) is 10.7. The molecule has 4 rings (SSSR count). The largest absolute Gasteiger partial charge is 0.297 e. The standard InChI is InChI=1S/C21H25N.ClH/c1-3-4-13-21-15-17-10-6-5-9-16(17)14-20(2,22-21)18-11-7-8-12-19(18)21;/h5-12,22H,3-4,13-15H2,1-2H3;1H. The van der Waals surface area contributed by atoms with Crippen molar-refractivity contribution in [3.05, 3.63) is 70.8 Å². The minimum absolute atomic E-state index is 0. The van der Waals surface area contributed by atoms with E-state index in [1.54, 1.807) is 5.56 Å². The summed E-state index contributed by atoms with van der Waals surface area (Å²) in [7, 11) is 0. The van der Waals surface area contributed by atoms with Crippen LogP contribution >= 0.6 is 12.4 Å². The predicted octanol–water partition coefficient (Wildman–Crippen LogP) is 5.11. The molecule has 2 bridgehead atoms. The lowest BCUT2D eigenvalue weighted by Gasteiger charge is -2.33. The second kappa shape index (κ2) is 5.96. The zero-order chi connectivity index (χ0) is 15.2. The van der Waals surface area contributed by atoms with Crippen LogP contribution in [0.25, 0.3) is 0 Å². The van der Waals surface area contributed by atoms with Gasteiger partial charge in [-0.3, -0.25) is 5.32 Å². The molecule has 2 aliphatic heterocycles. The SMILES string of the molecule is CCCCC12Cc3ccccc3CC(C)(N1)c1ccccc12.Cl. The molecule has 0 saturated carbocycles. The molecule has 2 heterocycles. The highest BCUT2D eigenvalue weighted by molar-refractivity contribution is 5.85. The van der Waals surface area contributed by atoms with Crippen LogP contribution in [-0.2, 0) is 23.9 Å². The molecular weight excluding hydrogens is 302 g/mol. The van der Waals surface area contributed by atoms with E-state index in [2.05, 4.69) is 67.7 Å². The Morgan fingerprint density at radius 2 is 1.52 bits per heavy atom. The Morgan fingerprint density at radius 3 is 2.22 bits per heavy atom. The average Bonchev–Trinajstić information content (AvgIpc) is 2.68. The maximum Gasteiger partial charge on any atom is 0.0485 e. The second-order valence-corrected chi connectivity index (χ2v) is 7.31. The second-order valence-electron chi connectivity index (χ2n) is 7.31. The Hall–Kier alpha value is -1.31. The van der Waals surface area contributed by atoms with Crippen LogP contribution in [0.15, 0.2) is 48.5 Å². The van der Waals surface area contributed by atoms with Gasteiger partial charge in [-0.2, -0.15) is 0 Å². The van der Waals surface area contributed by atoms with E-state index in [1.165, 1.54) is 36.0 Å². The van der Waals surface area contributed by atoms with Gasteiger partial charge >= 0.3 is 0 Å². The van der Waals surface area contributed by atoms with Crippen molar-refractivity contribution in [2.45, 2.75) is 57.0 Å². The fourth-order valence-corrected chi connectivity index (χ4v) is 4.70. The van der Waals surface area contributed by atoms with Gasteiger partial charge in [0.15, 0.2) is 0 Å². The van der Waals surface area contributed by atoms with Gasteiger partial charge in [0, 0.05) is 11.1 Å². The minimum Gasteiger partial charge on any atom is -0.297 e. The smallest absolute Gasteiger partial charge is 0.0485 e. The van der Waals surface area contributed by atoms with Crippen LogP contribution in [0, 0.1) is 0 Å². The molecule has 2 aliphatic rings. The monoisotopic (exact) mass is 327 g/mol.